The zero-order valence-corrected chi connectivity index (χ0v) is 25.1. The van der Waals surface area contributed by atoms with Crippen LogP contribution in [-0.2, 0) is 9.59 Å². The predicted octanol–water partition coefficient (Wildman–Crippen LogP) is 4.31. The van der Waals surface area contributed by atoms with E-state index in [1.165, 1.54) is 28.8 Å². The number of nitrogens with one attached hydrogen (secondary N) is 1. The van der Waals surface area contributed by atoms with Gasteiger partial charge in [-0.15, -0.1) is 0 Å². The van der Waals surface area contributed by atoms with Crippen LogP contribution in [0.2, 0.25) is 5.02 Å². The summed E-state index contributed by atoms with van der Waals surface area (Å²) in [4.78, 5) is 56.9. The maximum atomic E-state index is 15.5. The van der Waals surface area contributed by atoms with Crippen LogP contribution in [0.1, 0.15) is 32.4 Å². The van der Waals surface area contributed by atoms with Gasteiger partial charge < -0.3 is 19.9 Å². The average Bonchev–Trinajstić information content (AvgIpc) is 2.99. The Morgan fingerprint density at radius 3 is 2.75 bits per heavy atom. The third-order valence-corrected chi connectivity index (χ3v) is 8.04. The highest BCUT2D eigenvalue weighted by atomic mass is 35.5. The van der Waals surface area contributed by atoms with Crippen molar-refractivity contribution in [3.8, 4) is 22.7 Å². The maximum absolute atomic E-state index is 15.5. The van der Waals surface area contributed by atoms with Crippen molar-refractivity contribution in [2.75, 3.05) is 36.5 Å². The molecule has 226 valence electrons. The summed E-state index contributed by atoms with van der Waals surface area (Å²) in [6.07, 6.45) is 2.82. The quantitative estimate of drug-likeness (QED) is 0.338. The predicted molar refractivity (Wildman–Crippen MR) is 165 cm³/mol. The molecule has 0 radical (unpaired) electrons. The van der Waals surface area contributed by atoms with Crippen molar-refractivity contribution in [2.45, 2.75) is 32.7 Å². The zero-order chi connectivity index (χ0) is 31.3. The van der Waals surface area contributed by atoms with E-state index in [-0.39, 0.29) is 56.9 Å². The number of rotatable bonds is 3. The molecule has 11 nitrogen and oxygen atoms in total. The number of pyridine rings is 2. The van der Waals surface area contributed by atoms with Gasteiger partial charge in [-0.2, -0.15) is 4.98 Å². The summed E-state index contributed by atoms with van der Waals surface area (Å²) in [6.45, 7) is 10.1. The van der Waals surface area contributed by atoms with E-state index in [2.05, 4.69) is 21.9 Å². The molecule has 4 aromatic rings. The lowest BCUT2D eigenvalue weighted by Gasteiger charge is -2.40. The summed E-state index contributed by atoms with van der Waals surface area (Å²) in [6, 6.07) is 7.18. The number of aromatic nitrogens is 4. The number of piperazine rings is 1. The second-order valence-corrected chi connectivity index (χ2v) is 11.4. The Kier molecular flexibility index (Phi) is 7.54. The lowest BCUT2D eigenvalue weighted by atomic mass is 10.1. The summed E-state index contributed by atoms with van der Waals surface area (Å²) >= 11 is 6.84. The van der Waals surface area contributed by atoms with Gasteiger partial charge in [0.15, 0.2) is 12.3 Å². The molecule has 2 aliphatic rings. The minimum Gasteiger partial charge on any atom is -0.481 e. The number of hydrogen-bond donors (Lipinski definition) is 1. The minimum absolute atomic E-state index is 0.0327. The third kappa shape index (κ3) is 4.94. The molecular formula is C31H29ClFN7O4. The number of carbonyl (C=O) groups is 2. The van der Waals surface area contributed by atoms with Crippen LogP contribution < -0.4 is 20.6 Å². The van der Waals surface area contributed by atoms with E-state index in [4.69, 9.17) is 21.3 Å². The van der Waals surface area contributed by atoms with Crippen LogP contribution >= 0.6 is 11.6 Å². The van der Waals surface area contributed by atoms with Gasteiger partial charge in [-0.1, -0.05) is 38.1 Å². The summed E-state index contributed by atoms with van der Waals surface area (Å²) in [5.41, 5.74) is 0.390. The fraction of sp³-hybridized carbons (Fsp3) is 0.290. The number of halogens is 2. The lowest BCUT2D eigenvalue weighted by Crippen LogP contribution is -2.54. The molecule has 3 aromatic heterocycles. The van der Waals surface area contributed by atoms with Crippen molar-refractivity contribution in [2.24, 2.45) is 0 Å². The monoisotopic (exact) mass is 617 g/mol. The normalized spacial score (nSPS) is 16.5. The Labute approximate surface area is 256 Å². The second-order valence-electron chi connectivity index (χ2n) is 11.0. The summed E-state index contributed by atoms with van der Waals surface area (Å²) in [7, 11) is 0. The van der Waals surface area contributed by atoms with Gasteiger partial charge in [0.05, 0.1) is 33.0 Å². The number of ether oxygens (including phenoxy) is 1. The molecule has 2 bridgehead atoms. The number of amides is 2. The summed E-state index contributed by atoms with van der Waals surface area (Å²) in [5, 5.41) is 3.21. The van der Waals surface area contributed by atoms with Crippen molar-refractivity contribution in [3.05, 3.63) is 76.2 Å². The fourth-order valence-corrected chi connectivity index (χ4v) is 5.96. The first-order valence-corrected chi connectivity index (χ1v) is 14.5. The first-order chi connectivity index (χ1) is 21.1. The van der Waals surface area contributed by atoms with Crippen LogP contribution in [0.4, 0.5) is 15.9 Å². The highest BCUT2D eigenvalue weighted by molar-refractivity contribution is 6.34. The van der Waals surface area contributed by atoms with Gasteiger partial charge in [0.25, 0.3) is 5.91 Å². The van der Waals surface area contributed by atoms with E-state index in [0.717, 1.165) is 0 Å². The lowest BCUT2D eigenvalue weighted by molar-refractivity contribution is -0.126. The van der Waals surface area contributed by atoms with Crippen LogP contribution in [0, 0.1) is 5.82 Å². The standard InChI is InChI=1S/C31H29ClFN7O4/c1-5-24(42)38-11-12-39(17(4)14-38)29-18-13-19(32)27-25-20(33)7-6-8-21(25)35-23(41)15-44-22-9-10-34-26(16(2)3)28(22)40(30(18)36-27)31(43)37-29/h5-10,13,16-17H,1,11-12,14-15H2,2-4H3,(H,35,41)/t17-/m0/s1. The van der Waals surface area contributed by atoms with Gasteiger partial charge in [-0.3, -0.25) is 14.6 Å². The molecule has 1 saturated heterocycles. The van der Waals surface area contributed by atoms with Gasteiger partial charge in [-0.05, 0) is 37.1 Å². The average molecular weight is 618 g/mol. The largest absolute Gasteiger partial charge is 0.481 e. The summed E-state index contributed by atoms with van der Waals surface area (Å²) in [5.74, 6) is -1.02. The molecule has 44 heavy (non-hydrogen) atoms. The molecule has 0 unspecified atom stereocenters. The molecule has 0 spiro atoms. The van der Waals surface area contributed by atoms with Gasteiger partial charge in [0.2, 0.25) is 5.91 Å². The van der Waals surface area contributed by atoms with Crippen molar-refractivity contribution in [3.63, 3.8) is 0 Å². The van der Waals surface area contributed by atoms with Crippen LogP contribution in [-0.4, -0.2) is 68.5 Å². The summed E-state index contributed by atoms with van der Waals surface area (Å²) < 4.78 is 22.7. The van der Waals surface area contributed by atoms with Gasteiger partial charge in [-0.25, -0.2) is 18.7 Å². The van der Waals surface area contributed by atoms with Gasteiger partial charge >= 0.3 is 5.69 Å². The SMILES string of the molecule is C=CC(=O)N1CCN(c2nc(=O)n3c4nc(c(Cl)cc24)-c2c(F)cccc2NC(=O)COc2ccnc(C(C)C)c2-3)[C@@H](C)C1. The molecule has 1 atom stereocenters. The van der Waals surface area contributed by atoms with Crippen molar-refractivity contribution < 1.29 is 18.7 Å². The first-order valence-electron chi connectivity index (χ1n) is 14.1. The van der Waals surface area contributed by atoms with E-state index in [1.807, 2.05) is 25.7 Å². The number of fused-ring (bicyclic) bond motifs is 5. The molecular weight excluding hydrogens is 589 g/mol. The number of hydrogen-bond acceptors (Lipinski definition) is 8. The molecule has 5 heterocycles. The number of nitrogens with zero attached hydrogens (tertiary/aromatic N) is 6. The van der Waals surface area contributed by atoms with E-state index in [1.54, 1.807) is 23.2 Å². The highest BCUT2D eigenvalue weighted by Gasteiger charge is 2.31. The number of benzene rings is 1. The minimum atomic E-state index is -0.680. The van der Waals surface area contributed by atoms with Crippen LogP contribution in [0.25, 0.3) is 28.0 Å². The highest BCUT2D eigenvalue weighted by Crippen LogP contribution is 2.40. The molecule has 2 amide bonds. The Morgan fingerprint density at radius 1 is 1.23 bits per heavy atom. The molecule has 0 aliphatic carbocycles. The zero-order valence-electron chi connectivity index (χ0n) is 24.3. The smallest absolute Gasteiger partial charge is 0.356 e. The maximum Gasteiger partial charge on any atom is 0.356 e. The van der Waals surface area contributed by atoms with E-state index in [9.17, 15) is 14.4 Å². The molecule has 1 fully saturated rings. The van der Waals surface area contributed by atoms with Crippen molar-refractivity contribution >= 4 is 46.0 Å². The van der Waals surface area contributed by atoms with E-state index >= 15 is 4.39 Å². The fourth-order valence-electron chi connectivity index (χ4n) is 5.72. The van der Waals surface area contributed by atoms with Crippen LogP contribution in [0.3, 0.4) is 0 Å². The molecule has 13 heteroatoms. The van der Waals surface area contributed by atoms with Crippen molar-refractivity contribution in [1.82, 2.24) is 24.4 Å². The van der Waals surface area contributed by atoms with Gasteiger partial charge in [0.1, 0.15) is 23.1 Å². The molecule has 0 saturated carbocycles. The Balaban J connectivity index is 1.70. The van der Waals surface area contributed by atoms with Crippen molar-refractivity contribution in [1.29, 1.82) is 0 Å². The van der Waals surface area contributed by atoms with Gasteiger partial charge in [0, 0.05) is 37.9 Å². The first kappa shape index (κ1) is 29.2. The topological polar surface area (TPSA) is 123 Å². The number of carbonyl (C=O) groups excluding carboxylic acids is 2. The Morgan fingerprint density at radius 2 is 2.02 bits per heavy atom. The Hall–Kier alpha value is -4.84. The van der Waals surface area contributed by atoms with Crippen LogP contribution in [0.5, 0.6) is 5.75 Å². The molecule has 6 rings (SSSR count). The van der Waals surface area contributed by atoms with Crippen LogP contribution in [0.15, 0.2) is 54.0 Å². The molecule has 1 N–H and O–H groups in total. The Bertz CT molecular complexity index is 1910. The molecule has 1 aromatic carbocycles. The second kappa shape index (κ2) is 11.3. The molecule has 2 aliphatic heterocycles. The van der Waals surface area contributed by atoms with E-state index < -0.39 is 24.0 Å². The third-order valence-electron chi connectivity index (χ3n) is 7.76. The van der Waals surface area contributed by atoms with E-state index in [0.29, 0.717) is 36.5 Å². The number of anilines is 2.